The number of carboxylic acids is 2. The van der Waals surface area contributed by atoms with Gasteiger partial charge in [-0.05, 0) is 31.3 Å². The van der Waals surface area contributed by atoms with E-state index in [-0.39, 0.29) is 11.5 Å². The lowest BCUT2D eigenvalue weighted by Crippen LogP contribution is -2.35. The maximum atomic E-state index is 13.3. The van der Waals surface area contributed by atoms with Crippen LogP contribution in [0.3, 0.4) is 0 Å². The highest BCUT2D eigenvalue weighted by atomic mass is 32.2. The van der Waals surface area contributed by atoms with E-state index in [4.69, 9.17) is 36.8 Å². The zero-order chi connectivity index (χ0) is 26.2. The second-order valence-electron chi connectivity index (χ2n) is 7.25. The molecule has 14 heteroatoms. The fraction of sp³-hybridized carbons (Fsp3) is 0.286. The van der Waals surface area contributed by atoms with Gasteiger partial charge < -0.3 is 24.7 Å². The largest absolute Gasteiger partial charge is 0.497 e. The average molecular weight is 539 g/mol. The van der Waals surface area contributed by atoms with Gasteiger partial charge in [0.05, 0.1) is 12.8 Å². The Kier molecular flexibility index (Phi) is 7.57. The van der Waals surface area contributed by atoms with Crippen LogP contribution in [0.1, 0.15) is 6.92 Å². The van der Waals surface area contributed by atoms with Gasteiger partial charge in [0.1, 0.15) is 25.7 Å². The molecule has 2 aromatic rings. The molecule has 35 heavy (non-hydrogen) atoms. The molecule has 2 aliphatic rings. The second kappa shape index (κ2) is 10.1. The predicted molar refractivity (Wildman–Crippen MR) is 136 cm³/mol. The predicted octanol–water partition coefficient (Wildman–Crippen LogP) is 0.199. The number of carbonyl (C=O) groups excluding carboxylic acids is 1. The summed E-state index contributed by atoms with van der Waals surface area (Å²) in [7, 11) is 6.98. The van der Waals surface area contributed by atoms with Crippen molar-refractivity contribution in [1.29, 1.82) is 0 Å². The molecular weight excluding hydrogens is 516 g/mol. The van der Waals surface area contributed by atoms with Crippen molar-refractivity contribution in [2.24, 2.45) is 0 Å². The molecule has 0 aliphatic carbocycles. The molecule has 0 radical (unpaired) electrons. The van der Waals surface area contributed by atoms with Gasteiger partial charge in [-0.1, -0.05) is 11.8 Å². The van der Waals surface area contributed by atoms with Crippen LogP contribution in [0.2, 0.25) is 0 Å². The summed E-state index contributed by atoms with van der Waals surface area (Å²) >= 11 is 8.22. The fourth-order valence-electron chi connectivity index (χ4n) is 3.41. The molecule has 0 atom stereocenters. The Morgan fingerprint density at radius 1 is 1.06 bits per heavy atom. The molecule has 1 saturated heterocycles. The first kappa shape index (κ1) is 26.2. The third-order valence-corrected chi connectivity index (χ3v) is 8.33. The number of aliphatic carboxylic acids is 2. The van der Waals surface area contributed by atoms with Crippen molar-refractivity contribution in [3.05, 3.63) is 37.7 Å². The molecule has 1 amide bonds. The molecule has 1 fully saturated rings. The molecule has 3 heterocycles. The van der Waals surface area contributed by atoms with Crippen LogP contribution in [-0.4, -0.2) is 75.8 Å². The van der Waals surface area contributed by atoms with E-state index < -0.39 is 11.9 Å². The van der Waals surface area contributed by atoms with E-state index in [0.29, 0.717) is 26.5 Å². The minimum absolute atomic E-state index is 0.101. The number of aromatic nitrogens is 1. The Hall–Kier alpha value is -3.36. The number of methoxy groups -OCH3 is 1. The third kappa shape index (κ3) is 4.63. The first-order valence-corrected chi connectivity index (χ1v) is 12.1. The Balaban J connectivity index is 0.000000509. The zero-order valence-corrected chi connectivity index (χ0v) is 21.8. The molecule has 0 saturated carbocycles. The van der Waals surface area contributed by atoms with Gasteiger partial charge in [0.15, 0.2) is 5.11 Å². The molecule has 11 nitrogen and oxygen atoms in total. The Bertz CT molecular complexity index is 1420. The van der Waals surface area contributed by atoms with Crippen molar-refractivity contribution in [2.45, 2.75) is 18.4 Å². The molecule has 1 aromatic carbocycles. The van der Waals surface area contributed by atoms with E-state index in [9.17, 15) is 9.59 Å². The van der Waals surface area contributed by atoms with Crippen LogP contribution in [0.25, 0.3) is 10.7 Å². The lowest BCUT2D eigenvalue weighted by atomic mass is 10.3. The first-order valence-electron chi connectivity index (χ1n) is 10.0. The summed E-state index contributed by atoms with van der Waals surface area (Å²) in [6, 6.07) is 5.86. The molecule has 0 spiro atoms. The number of thiocarbonyl (C=S) groups is 1. The van der Waals surface area contributed by atoms with Crippen LogP contribution in [0, 0.1) is 0 Å². The number of rotatable bonds is 2. The average Bonchev–Trinajstić information content (AvgIpc) is 3.39. The number of thiazole rings is 1. The molecule has 4 rings (SSSR count). The summed E-state index contributed by atoms with van der Waals surface area (Å²) in [6.07, 6.45) is 0. The summed E-state index contributed by atoms with van der Waals surface area (Å²) in [6.45, 7) is 2.37. The van der Waals surface area contributed by atoms with Crippen LogP contribution in [0.4, 0.5) is 5.69 Å². The van der Waals surface area contributed by atoms with Crippen LogP contribution >= 0.6 is 35.3 Å². The van der Waals surface area contributed by atoms with Gasteiger partial charge in [-0.2, -0.15) is 0 Å². The summed E-state index contributed by atoms with van der Waals surface area (Å²) in [5, 5.41) is 16.1. The summed E-state index contributed by atoms with van der Waals surface area (Å²) < 4.78 is 8.22. The number of thioether (sulfide) groups is 1. The molecular formula is C21H22N4O7S3. The number of anilines is 1. The fourth-order valence-corrected chi connectivity index (χ4v) is 6.15. The van der Waals surface area contributed by atoms with E-state index in [1.807, 2.05) is 37.1 Å². The Morgan fingerprint density at radius 2 is 1.69 bits per heavy atom. The van der Waals surface area contributed by atoms with Gasteiger partial charge in [0.2, 0.25) is 0 Å². The number of amides is 1. The monoisotopic (exact) mass is 538 g/mol. The van der Waals surface area contributed by atoms with Crippen LogP contribution in [0.15, 0.2) is 27.9 Å². The number of fused-ring (bicyclic) bond motifs is 1. The van der Waals surface area contributed by atoms with E-state index in [2.05, 4.69) is 0 Å². The highest BCUT2D eigenvalue weighted by Crippen LogP contribution is 2.46. The Labute approximate surface area is 213 Å². The second-order valence-corrected chi connectivity index (χ2v) is 9.65. The quantitative estimate of drug-likeness (QED) is 0.401. The van der Waals surface area contributed by atoms with E-state index in [0.717, 1.165) is 21.4 Å². The lowest BCUT2D eigenvalue weighted by Gasteiger charge is -2.13. The standard InChI is InChI=1S/C19H20N4O3S3.C2H2O4/c1-6-23-16(25)14(29-17(23)13-15(24)22(4)19(27)21(13)3)18-20(2)11-9-10(26-5)7-8-12(11)28-18;3-1(4)2(5)6/h7-9H,6H2,1-5H3;(H,3,4)(H,5,6)/b17-13-,18-14-;. The van der Waals surface area contributed by atoms with Gasteiger partial charge in [-0.25, -0.2) is 9.59 Å². The van der Waals surface area contributed by atoms with E-state index >= 15 is 0 Å². The highest BCUT2D eigenvalue weighted by Gasteiger charge is 2.35. The lowest BCUT2D eigenvalue weighted by molar-refractivity contribution is -0.159. The highest BCUT2D eigenvalue weighted by molar-refractivity contribution is 8.08. The number of likely N-dealkylation sites (N-methyl/N-ethyl adjacent to an activating group) is 2. The molecule has 2 N–H and O–H groups in total. The van der Waals surface area contributed by atoms with Crippen molar-refractivity contribution < 1.29 is 29.3 Å². The topological polar surface area (TPSA) is 133 Å². The van der Waals surface area contributed by atoms with Crippen molar-refractivity contribution in [1.82, 2.24) is 14.4 Å². The number of benzene rings is 1. The van der Waals surface area contributed by atoms with Crippen molar-refractivity contribution in [3.8, 4) is 5.75 Å². The summed E-state index contributed by atoms with van der Waals surface area (Å²) in [5.74, 6) is -3.08. The number of carbonyl (C=O) groups is 3. The van der Waals surface area contributed by atoms with E-state index in [1.54, 1.807) is 42.4 Å². The molecule has 2 aliphatic heterocycles. The number of carboxylic acid groups (broad SMARTS) is 2. The van der Waals surface area contributed by atoms with Gasteiger partial charge >= 0.3 is 11.9 Å². The minimum atomic E-state index is -1.82. The van der Waals surface area contributed by atoms with Gasteiger partial charge in [-0.3, -0.25) is 19.1 Å². The van der Waals surface area contributed by atoms with Crippen molar-refractivity contribution in [2.75, 3.05) is 33.2 Å². The first-order chi connectivity index (χ1) is 16.4. The smallest absolute Gasteiger partial charge is 0.414 e. The van der Waals surface area contributed by atoms with Crippen LogP contribution in [0.5, 0.6) is 5.75 Å². The third-order valence-electron chi connectivity index (χ3n) is 5.23. The van der Waals surface area contributed by atoms with Gasteiger partial charge in [0.25, 0.3) is 11.5 Å². The zero-order valence-electron chi connectivity index (χ0n) is 19.4. The van der Waals surface area contributed by atoms with Crippen LogP contribution in [-0.2, 0) is 20.9 Å². The number of hydrogen-bond acceptors (Lipinski definition) is 9. The minimum Gasteiger partial charge on any atom is -0.497 e. The van der Waals surface area contributed by atoms with Gasteiger partial charge in [0, 0.05) is 38.6 Å². The normalized spacial score (nSPS) is 17.9. The number of nitrogens with zero attached hydrogens (tertiary/aromatic N) is 4. The van der Waals surface area contributed by atoms with Crippen LogP contribution < -0.4 is 24.4 Å². The number of ether oxygens (including phenoxy) is 1. The van der Waals surface area contributed by atoms with E-state index in [1.165, 1.54) is 16.2 Å². The van der Waals surface area contributed by atoms with Crippen molar-refractivity contribution in [3.63, 3.8) is 0 Å². The maximum absolute atomic E-state index is 13.3. The summed E-state index contributed by atoms with van der Waals surface area (Å²) in [4.78, 5) is 50.4. The van der Waals surface area contributed by atoms with Gasteiger partial charge in [-0.15, -0.1) is 11.3 Å². The molecule has 0 bridgehead atoms. The van der Waals surface area contributed by atoms with Crippen molar-refractivity contribution >= 4 is 74.7 Å². The SMILES string of the molecule is CCn1c(=O)/c(=C2/Sc3ccc(OC)cc3N2C)s/c1=C1/C(=O)N(C)C(=S)N1C.O=C(O)C(=O)O. The molecule has 0 unspecified atom stereocenters. The molecule has 186 valence electrons. The Morgan fingerprint density at radius 3 is 2.17 bits per heavy atom. The summed E-state index contributed by atoms with van der Waals surface area (Å²) in [5.41, 5.74) is 1.33. The maximum Gasteiger partial charge on any atom is 0.414 e. The number of hydrogen-bond donors (Lipinski definition) is 2. The molecule has 1 aromatic heterocycles.